The van der Waals surface area contributed by atoms with Crippen LogP contribution in [-0.4, -0.2) is 41.9 Å². The Morgan fingerprint density at radius 2 is 1.00 bits per heavy atom. The van der Waals surface area contributed by atoms with Gasteiger partial charge in [-0.05, 0) is 0 Å². The average molecular weight is 207 g/mol. The van der Waals surface area contributed by atoms with Gasteiger partial charge in [0.1, 0.15) is 0 Å². The molecule has 0 aromatic rings. The van der Waals surface area contributed by atoms with Crippen molar-refractivity contribution in [3.8, 4) is 0 Å². The van der Waals surface area contributed by atoms with E-state index >= 15 is 0 Å². The maximum Gasteiger partial charge on any atom is 0.316 e. The van der Waals surface area contributed by atoms with Crippen LogP contribution in [0.4, 0.5) is 0 Å². The van der Waals surface area contributed by atoms with E-state index in [1.807, 2.05) is 0 Å². The van der Waals surface area contributed by atoms with Crippen molar-refractivity contribution in [1.29, 1.82) is 0 Å². The summed E-state index contributed by atoms with van der Waals surface area (Å²) in [6.45, 7) is 0. The number of rotatable bonds is 0. The molecule has 0 heterocycles. The molecule has 0 unspecified atom stereocenters. The molecule has 0 spiro atoms. The standard InChI is InChI=1S/Co.Li.Mg.Mn.Ni.3H. The van der Waals surface area contributed by atoms with Crippen molar-refractivity contribution >= 4 is 41.9 Å². The zero-order valence-corrected chi connectivity index (χ0v) is 4.24. The predicted octanol–water partition coefficient (Wildman–Crippen LogP) is -1.57. The molecule has 32 valence electrons. The van der Waals surface area contributed by atoms with Crippen molar-refractivity contribution in [2.75, 3.05) is 0 Å². The summed E-state index contributed by atoms with van der Waals surface area (Å²) in [4.78, 5) is 0. The smallest absolute Gasteiger partial charge is 0 e. The van der Waals surface area contributed by atoms with E-state index in [1.54, 1.807) is 0 Å². The van der Waals surface area contributed by atoms with Crippen LogP contribution in [0.3, 0.4) is 0 Å². The molecule has 0 aromatic heterocycles. The first kappa shape index (κ1) is 44.9. The summed E-state index contributed by atoms with van der Waals surface area (Å²) in [5.41, 5.74) is 0. The first-order valence-electron chi connectivity index (χ1n) is 0. The molecule has 5 heteroatoms. The van der Waals surface area contributed by atoms with Crippen molar-refractivity contribution in [3.05, 3.63) is 0 Å². The van der Waals surface area contributed by atoms with Gasteiger partial charge in [-0.15, -0.1) is 0 Å². The van der Waals surface area contributed by atoms with Crippen molar-refractivity contribution in [3.63, 3.8) is 0 Å². The van der Waals surface area contributed by atoms with E-state index in [4.69, 9.17) is 0 Å². The van der Waals surface area contributed by atoms with Gasteiger partial charge in [0.2, 0.25) is 0 Å². The molecule has 0 aliphatic rings. The second-order valence-corrected chi connectivity index (χ2v) is 0. The van der Waals surface area contributed by atoms with Gasteiger partial charge in [-0.3, -0.25) is 0 Å². The van der Waals surface area contributed by atoms with E-state index in [1.165, 1.54) is 0 Å². The van der Waals surface area contributed by atoms with E-state index in [-0.39, 0.29) is 92.3 Å². The third-order valence-electron chi connectivity index (χ3n) is 0. The third kappa shape index (κ3) is 19.7. The average Bonchev–Trinajstić information content (AvgIpc) is 0. The van der Waals surface area contributed by atoms with Crippen molar-refractivity contribution in [2.45, 2.75) is 0 Å². The van der Waals surface area contributed by atoms with Gasteiger partial charge in [0.15, 0.2) is 0 Å². The zero-order chi connectivity index (χ0) is 0. The predicted molar refractivity (Wildman–Crippen MR) is 15.7 cm³/mol. The Morgan fingerprint density at radius 1 is 1.00 bits per heavy atom. The van der Waals surface area contributed by atoms with E-state index < -0.39 is 0 Å². The molecule has 0 aromatic carbocycles. The molecule has 0 rings (SSSR count). The molecule has 2 radical (unpaired) electrons. The Kier molecular flexibility index (Phi) is 258. The van der Waals surface area contributed by atoms with Crippen molar-refractivity contribution < 1.29 is 50.3 Å². The quantitative estimate of drug-likeness (QED) is 0.421. The molecule has 0 aliphatic heterocycles. The van der Waals surface area contributed by atoms with Gasteiger partial charge < -0.3 is 0 Å². The Balaban J connectivity index is 0. The largest absolute Gasteiger partial charge is 0.316 e. The van der Waals surface area contributed by atoms with Crippen LogP contribution in [0.25, 0.3) is 0 Å². The van der Waals surface area contributed by atoms with Gasteiger partial charge in [0, 0.05) is 50.3 Å². The summed E-state index contributed by atoms with van der Waals surface area (Å²) >= 11 is 0. The van der Waals surface area contributed by atoms with Crippen LogP contribution in [0.5, 0.6) is 0 Å². The van der Waals surface area contributed by atoms with Crippen LogP contribution >= 0.6 is 0 Å². The molecular formula is H3CoLiMgMnNi. The monoisotopic (exact) mass is 206 g/mol. The maximum absolute atomic E-state index is 0. The molecule has 0 saturated carbocycles. The maximum atomic E-state index is 0. The van der Waals surface area contributed by atoms with Crippen LogP contribution in [0.2, 0.25) is 0 Å². The number of hydrogen-bond donors (Lipinski definition) is 0. The first-order chi connectivity index (χ1) is 0. The van der Waals surface area contributed by atoms with Crippen LogP contribution in [0, 0.1) is 0 Å². The zero-order valence-electron chi connectivity index (χ0n) is 1.03. The molecule has 0 aliphatic carbocycles. The molecule has 0 bridgehead atoms. The molecule has 0 fully saturated rings. The summed E-state index contributed by atoms with van der Waals surface area (Å²) in [5.74, 6) is 0. The Bertz CT molecular complexity index is 11.6. The van der Waals surface area contributed by atoms with Gasteiger partial charge in [0.05, 0.1) is 0 Å². The van der Waals surface area contributed by atoms with Crippen LogP contribution in [0.1, 0.15) is 0 Å². The molecular weight excluding hydrogens is 204 g/mol. The number of hydrogen-bond acceptors (Lipinski definition) is 0. The fraction of sp³-hybridized carbons (Fsp3) is 0. The van der Waals surface area contributed by atoms with Crippen LogP contribution in [0.15, 0.2) is 0 Å². The normalized spacial score (nSPS) is 0. The van der Waals surface area contributed by atoms with E-state index in [0.29, 0.717) is 0 Å². The minimum atomic E-state index is 0. The Hall–Kier alpha value is 2.88. The van der Waals surface area contributed by atoms with E-state index in [2.05, 4.69) is 0 Å². The molecule has 0 N–H and O–H groups in total. The Labute approximate surface area is 90.9 Å². The fourth-order valence-electron chi connectivity index (χ4n) is 0. The topological polar surface area (TPSA) is 0 Å². The molecule has 5 heavy (non-hydrogen) atoms. The second kappa shape index (κ2) is 28.7. The fourth-order valence-corrected chi connectivity index (χ4v) is 0. The third-order valence-corrected chi connectivity index (χ3v) is 0. The minimum Gasteiger partial charge on any atom is 0 e. The van der Waals surface area contributed by atoms with Crippen LogP contribution < -0.4 is 0 Å². The molecule has 0 nitrogen and oxygen atoms in total. The van der Waals surface area contributed by atoms with Gasteiger partial charge in [-0.1, -0.05) is 0 Å². The minimum absolute atomic E-state index is 0. The summed E-state index contributed by atoms with van der Waals surface area (Å²) < 4.78 is 0. The molecule has 0 atom stereocenters. The van der Waals surface area contributed by atoms with Gasteiger partial charge >= 0.3 is 41.9 Å². The van der Waals surface area contributed by atoms with E-state index in [0.717, 1.165) is 0 Å². The summed E-state index contributed by atoms with van der Waals surface area (Å²) in [5, 5.41) is 0. The molecule has 0 saturated heterocycles. The van der Waals surface area contributed by atoms with Crippen molar-refractivity contribution in [1.82, 2.24) is 0 Å². The van der Waals surface area contributed by atoms with Crippen molar-refractivity contribution in [2.24, 2.45) is 0 Å². The van der Waals surface area contributed by atoms with E-state index in [9.17, 15) is 0 Å². The summed E-state index contributed by atoms with van der Waals surface area (Å²) in [7, 11) is 0. The second-order valence-electron chi connectivity index (χ2n) is 0. The van der Waals surface area contributed by atoms with Gasteiger partial charge in [-0.2, -0.15) is 0 Å². The first-order valence-corrected chi connectivity index (χ1v) is 0. The Morgan fingerprint density at radius 3 is 1.00 bits per heavy atom. The molecule has 0 amide bonds. The summed E-state index contributed by atoms with van der Waals surface area (Å²) in [6.07, 6.45) is 0. The SMILES string of the molecule is [Co].[LiH].[MgH2].[Mn].[Ni]. The van der Waals surface area contributed by atoms with Gasteiger partial charge in [0.25, 0.3) is 0 Å². The van der Waals surface area contributed by atoms with Gasteiger partial charge in [-0.25, -0.2) is 0 Å². The summed E-state index contributed by atoms with van der Waals surface area (Å²) in [6, 6.07) is 0. The van der Waals surface area contributed by atoms with Crippen LogP contribution in [-0.2, 0) is 50.3 Å².